The highest BCUT2D eigenvalue weighted by atomic mass is 35.5. The molecule has 164 valence electrons. The molecule has 0 aliphatic heterocycles. The highest BCUT2D eigenvalue weighted by Gasteiger charge is 2.13. The molecule has 1 rings (SSSR count). The number of rotatable bonds is 16. The molecule has 0 aliphatic rings. The van der Waals surface area contributed by atoms with Gasteiger partial charge in [0.2, 0.25) is 0 Å². The normalized spacial score (nSPS) is 10.7. The van der Waals surface area contributed by atoms with Gasteiger partial charge in [-0.25, -0.2) is 0 Å². The van der Waals surface area contributed by atoms with Crippen molar-refractivity contribution in [2.75, 3.05) is 6.61 Å². The Bertz CT molecular complexity index is 584. The lowest BCUT2D eigenvalue weighted by Gasteiger charge is -2.08. The molecule has 1 aromatic carbocycles. The Labute approximate surface area is 185 Å². The SMILES string of the molecule is CCCCCCCCCCCCOC(=O)CCCC(=O)Oc1c(Cl)cccc1Cl. The van der Waals surface area contributed by atoms with Crippen molar-refractivity contribution in [2.24, 2.45) is 0 Å². The average molecular weight is 445 g/mol. The first kappa shape index (κ1) is 25.8. The minimum Gasteiger partial charge on any atom is -0.466 e. The topological polar surface area (TPSA) is 52.6 Å². The minimum atomic E-state index is -0.470. The van der Waals surface area contributed by atoms with Gasteiger partial charge in [0.05, 0.1) is 16.7 Å². The summed E-state index contributed by atoms with van der Waals surface area (Å²) >= 11 is 11.9. The van der Waals surface area contributed by atoms with Crippen LogP contribution in [0.1, 0.15) is 90.4 Å². The van der Waals surface area contributed by atoms with Crippen molar-refractivity contribution in [3.63, 3.8) is 0 Å². The standard InChI is InChI=1S/C23H34Cl2O4/c1-2-3-4-5-6-7-8-9-10-11-18-28-21(26)16-13-17-22(27)29-23-19(24)14-12-15-20(23)25/h12,14-15H,2-11,13,16-18H2,1H3. The van der Waals surface area contributed by atoms with Gasteiger partial charge in [-0.15, -0.1) is 0 Å². The maximum Gasteiger partial charge on any atom is 0.311 e. The Balaban J connectivity index is 1.98. The second-order valence-electron chi connectivity index (χ2n) is 7.28. The summed E-state index contributed by atoms with van der Waals surface area (Å²) in [5, 5.41) is 0.559. The zero-order valence-electron chi connectivity index (χ0n) is 17.5. The van der Waals surface area contributed by atoms with Crippen LogP contribution in [0.3, 0.4) is 0 Å². The van der Waals surface area contributed by atoms with Crippen molar-refractivity contribution < 1.29 is 19.1 Å². The maximum atomic E-state index is 11.9. The van der Waals surface area contributed by atoms with Crippen LogP contribution < -0.4 is 4.74 Å². The Kier molecular flexibility index (Phi) is 14.7. The summed E-state index contributed by atoms with van der Waals surface area (Å²) in [6, 6.07) is 4.87. The molecule has 0 saturated carbocycles. The van der Waals surface area contributed by atoms with Crippen LogP contribution in [-0.2, 0) is 14.3 Å². The van der Waals surface area contributed by atoms with Crippen LogP contribution in [0.25, 0.3) is 0 Å². The van der Waals surface area contributed by atoms with Crippen LogP contribution in [-0.4, -0.2) is 18.5 Å². The van der Waals surface area contributed by atoms with E-state index >= 15 is 0 Å². The van der Waals surface area contributed by atoms with Gasteiger partial charge >= 0.3 is 11.9 Å². The summed E-state index contributed by atoms with van der Waals surface area (Å²) in [7, 11) is 0. The van der Waals surface area contributed by atoms with Crippen LogP contribution >= 0.6 is 23.2 Å². The molecule has 4 nitrogen and oxygen atoms in total. The zero-order chi connectivity index (χ0) is 21.3. The molecule has 0 atom stereocenters. The summed E-state index contributed by atoms with van der Waals surface area (Å²) in [5.41, 5.74) is 0. The smallest absolute Gasteiger partial charge is 0.311 e. The molecule has 0 fully saturated rings. The molecule has 0 aromatic heterocycles. The van der Waals surface area contributed by atoms with Gasteiger partial charge in [0.1, 0.15) is 0 Å². The van der Waals surface area contributed by atoms with E-state index in [0.29, 0.717) is 13.0 Å². The van der Waals surface area contributed by atoms with Crippen LogP contribution in [0.5, 0.6) is 5.75 Å². The molecule has 0 heterocycles. The minimum absolute atomic E-state index is 0.106. The summed E-state index contributed by atoms with van der Waals surface area (Å²) in [5.74, 6) is -0.587. The molecule has 1 aromatic rings. The molecule has 0 radical (unpaired) electrons. The van der Waals surface area contributed by atoms with E-state index in [4.69, 9.17) is 32.7 Å². The van der Waals surface area contributed by atoms with Crippen LogP contribution in [0.4, 0.5) is 0 Å². The Morgan fingerprint density at radius 3 is 1.86 bits per heavy atom. The second kappa shape index (κ2) is 16.5. The lowest BCUT2D eigenvalue weighted by molar-refractivity contribution is -0.144. The van der Waals surface area contributed by atoms with Crippen LogP contribution in [0.15, 0.2) is 18.2 Å². The molecule has 0 spiro atoms. The summed E-state index contributed by atoms with van der Waals surface area (Å²) < 4.78 is 10.4. The van der Waals surface area contributed by atoms with Gasteiger partial charge in [-0.2, -0.15) is 0 Å². The molecule has 0 N–H and O–H groups in total. The predicted octanol–water partition coefficient (Wildman–Crippen LogP) is 7.53. The monoisotopic (exact) mass is 444 g/mol. The fourth-order valence-electron chi connectivity index (χ4n) is 2.97. The van der Waals surface area contributed by atoms with Crippen molar-refractivity contribution in [1.82, 2.24) is 0 Å². The van der Waals surface area contributed by atoms with Gasteiger partial charge in [0.15, 0.2) is 5.75 Å². The Morgan fingerprint density at radius 1 is 0.759 bits per heavy atom. The number of para-hydroxylation sites is 1. The third kappa shape index (κ3) is 12.8. The Hall–Kier alpha value is -1.26. The first-order chi connectivity index (χ1) is 14.0. The molecule has 6 heteroatoms. The third-order valence-corrected chi connectivity index (χ3v) is 5.25. The van der Waals surface area contributed by atoms with Crippen LogP contribution in [0, 0.1) is 0 Å². The number of esters is 2. The molecule has 0 saturated heterocycles. The van der Waals surface area contributed by atoms with E-state index in [1.165, 1.54) is 51.4 Å². The van der Waals surface area contributed by atoms with Gasteiger partial charge in [-0.05, 0) is 25.0 Å². The van der Waals surface area contributed by atoms with Crippen molar-refractivity contribution in [3.05, 3.63) is 28.2 Å². The van der Waals surface area contributed by atoms with Crippen molar-refractivity contribution in [1.29, 1.82) is 0 Å². The quantitative estimate of drug-likeness (QED) is 0.150. The number of carbonyl (C=O) groups is 2. The Morgan fingerprint density at radius 2 is 1.28 bits per heavy atom. The summed E-state index contributed by atoms with van der Waals surface area (Å²) in [6.45, 7) is 2.69. The molecule has 0 aliphatic carbocycles. The molecule has 0 bridgehead atoms. The number of halogens is 2. The fourth-order valence-corrected chi connectivity index (χ4v) is 3.44. The number of hydrogen-bond donors (Lipinski definition) is 0. The lowest BCUT2D eigenvalue weighted by atomic mass is 10.1. The summed E-state index contributed by atoms with van der Waals surface area (Å²) in [4.78, 5) is 23.6. The molecule has 29 heavy (non-hydrogen) atoms. The van der Waals surface area contributed by atoms with E-state index < -0.39 is 5.97 Å². The van der Waals surface area contributed by atoms with E-state index in [2.05, 4.69) is 6.92 Å². The van der Waals surface area contributed by atoms with E-state index in [1.807, 2.05) is 0 Å². The fraction of sp³-hybridized carbons (Fsp3) is 0.652. The second-order valence-corrected chi connectivity index (χ2v) is 8.10. The molecular formula is C23H34Cl2O4. The lowest BCUT2D eigenvalue weighted by Crippen LogP contribution is -2.11. The van der Waals surface area contributed by atoms with Gasteiger partial charge < -0.3 is 9.47 Å². The largest absolute Gasteiger partial charge is 0.466 e. The zero-order valence-corrected chi connectivity index (χ0v) is 19.0. The number of carbonyl (C=O) groups excluding carboxylic acids is 2. The average Bonchev–Trinajstić information content (AvgIpc) is 2.69. The van der Waals surface area contributed by atoms with Crippen LogP contribution in [0.2, 0.25) is 10.0 Å². The van der Waals surface area contributed by atoms with Gasteiger partial charge in [0, 0.05) is 12.8 Å². The van der Waals surface area contributed by atoms with Gasteiger partial charge in [-0.1, -0.05) is 94.0 Å². The first-order valence-electron chi connectivity index (χ1n) is 10.8. The van der Waals surface area contributed by atoms with E-state index in [-0.39, 0.29) is 34.6 Å². The van der Waals surface area contributed by atoms with Crippen molar-refractivity contribution in [2.45, 2.75) is 90.4 Å². The van der Waals surface area contributed by atoms with E-state index in [9.17, 15) is 9.59 Å². The van der Waals surface area contributed by atoms with Gasteiger partial charge in [0.25, 0.3) is 0 Å². The third-order valence-electron chi connectivity index (χ3n) is 4.66. The number of ether oxygens (including phenoxy) is 2. The highest BCUT2D eigenvalue weighted by Crippen LogP contribution is 2.32. The number of benzene rings is 1. The van der Waals surface area contributed by atoms with Gasteiger partial charge in [-0.3, -0.25) is 9.59 Å². The molecule has 0 unspecified atom stereocenters. The summed E-state index contributed by atoms with van der Waals surface area (Å²) in [6.07, 6.45) is 13.1. The molecular weight excluding hydrogens is 411 g/mol. The molecule has 0 amide bonds. The predicted molar refractivity (Wildman–Crippen MR) is 119 cm³/mol. The first-order valence-corrected chi connectivity index (χ1v) is 11.6. The highest BCUT2D eigenvalue weighted by molar-refractivity contribution is 6.37. The van der Waals surface area contributed by atoms with Crippen molar-refractivity contribution >= 4 is 35.1 Å². The van der Waals surface area contributed by atoms with E-state index in [0.717, 1.165) is 12.8 Å². The maximum absolute atomic E-state index is 11.9. The van der Waals surface area contributed by atoms with Crippen molar-refractivity contribution in [3.8, 4) is 5.75 Å². The number of hydrogen-bond acceptors (Lipinski definition) is 4. The number of unbranched alkanes of at least 4 members (excludes halogenated alkanes) is 9. The van der Waals surface area contributed by atoms with E-state index in [1.54, 1.807) is 18.2 Å².